The topological polar surface area (TPSA) is 29.5 Å². The van der Waals surface area contributed by atoms with E-state index in [-0.39, 0.29) is 11.9 Å². The summed E-state index contributed by atoms with van der Waals surface area (Å²) in [5.41, 5.74) is 5.43. The molecule has 0 spiro atoms. The molecule has 1 saturated heterocycles. The van der Waals surface area contributed by atoms with Crippen LogP contribution in [0.2, 0.25) is 0 Å². The minimum atomic E-state index is -0.0282. The van der Waals surface area contributed by atoms with Gasteiger partial charge >= 0.3 is 5.97 Å². The third-order valence-corrected chi connectivity index (χ3v) is 4.35. The van der Waals surface area contributed by atoms with E-state index in [4.69, 9.17) is 4.74 Å². The standard InChI is InChI=1S/C18H27NO2/c1-5-21-18(20)16-7-6-8-19(11-16)12-17-14(3)9-13(2)10-15(17)4/h9-10,16H,5-8,11-12H2,1-4H3. The smallest absolute Gasteiger partial charge is 0.310 e. The van der Waals surface area contributed by atoms with Crippen LogP contribution < -0.4 is 0 Å². The summed E-state index contributed by atoms with van der Waals surface area (Å²) in [7, 11) is 0. The summed E-state index contributed by atoms with van der Waals surface area (Å²) in [4.78, 5) is 14.3. The van der Waals surface area contributed by atoms with Gasteiger partial charge in [-0.3, -0.25) is 9.69 Å². The van der Waals surface area contributed by atoms with Crippen molar-refractivity contribution in [2.75, 3.05) is 19.7 Å². The number of rotatable bonds is 4. The largest absolute Gasteiger partial charge is 0.466 e. The number of likely N-dealkylation sites (tertiary alicyclic amines) is 1. The Balaban J connectivity index is 2.04. The number of ether oxygens (including phenoxy) is 1. The van der Waals surface area contributed by atoms with Crippen molar-refractivity contribution in [3.05, 3.63) is 34.4 Å². The number of carbonyl (C=O) groups excluding carboxylic acids is 1. The average molecular weight is 289 g/mol. The molecule has 1 aliphatic rings. The number of hydrogen-bond acceptors (Lipinski definition) is 3. The van der Waals surface area contributed by atoms with Crippen LogP contribution in [0, 0.1) is 26.7 Å². The lowest BCUT2D eigenvalue weighted by molar-refractivity contribution is -0.150. The number of piperidine rings is 1. The van der Waals surface area contributed by atoms with Crippen LogP contribution in [0.4, 0.5) is 0 Å². The van der Waals surface area contributed by atoms with Gasteiger partial charge in [0.25, 0.3) is 0 Å². The van der Waals surface area contributed by atoms with Crippen molar-refractivity contribution in [2.24, 2.45) is 5.92 Å². The van der Waals surface area contributed by atoms with Crippen molar-refractivity contribution in [3.63, 3.8) is 0 Å². The van der Waals surface area contributed by atoms with E-state index in [1.54, 1.807) is 0 Å². The van der Waals surface area contributed by atoms with Gasteiger partial charge in [0.05, 0.1) is 12.5 Å². The van der Waals surface area contributed by atoms with Crippen molar-refractivity contribution in [2.45, 2.75) is 47.1 Å². The summed E-state index contributed by atoms with van der Waals surface area (Å²) in [6, 6.07) is 4.49. The zero-order valence-corrected chi connectivity index (χ0v) is 13.7. The van der Waals surface area contributed by atoms with Crippen LogP contribution in [-0.4, -0.2) is 30.6 Å². The molecule has 0 N–H and O–H groups in total. The molecule has 1 heterocycles. The Hall–Kier alpha value is -1.35. The molecular formula is C18H27NO2. The third-order valence-electron chi connectivity index (χ3n) is 4.35. The number of benzene rings is 1. The molecule has 1 unspecified atom stereocenters. The lowest BCUT2D eigenvalue weighted by Gasteiger charge is -2.32. The zero-order chi connectivity index (χ0) is 15.4. The molecule has 2 rings (SSSR count). The van der Waals surface area contributed by atoms with Crippen LogP contribution in [-0.2, 0) is 16.1 Å². The molecular weight excluding hydrogens is 262 g/mol. The summed E-state index contributed by atoms with van der Waals surface area (Å²) >= 11 is 0. The molecule has 0 bridgehead atoms. The third kappa shape index (κ3) is 4.07. The molecule has 116 valence electrons. The van der Waals surface area contributed by atoms with Crippen molar-refractivity contribution in [3.8, 4) is 0 Å². The van der Waals surface area contributed by atoms with Crippen LogP contribution in [0.5, 0.6) is 0 Å². The molecule has 3 heteroatoms. The number of hydrogen-bond donors (Lipinski definition) is 0. The first-order valence-electron chi connectivity index (χ1n) is 7.97. The van der Waals surface area contributed by atoms with Crippen LogP contribution in [0.3, 0.4) is 0 Å². The molecule has 3 nitrogen and oxygen atoms in total. The first-order chi connectivity index (χ1) is 10.0. The molecule has 21 heavy (non-hydrogen) atoms. The predicted molar refractivity (Wildman–Crippen MR) is 85.3 cm³/mol. The van der Waals surface area contributed by atoms with Crippen molar-refractivity contribution >= 4 is 5.97 Å². The molecule has 0 saturated carbocycles. The lowest BCUT2D eigenvalue weighted by atomic mass is 9.95. The van der Waals surface area contributed by atoms with Gasteiger partial charge in [-0.25, -0.2) is 0 Å². The Morgan fingerprint density at radius 3 is 2.57 bits per heavy atom. The highest BCUT2D eigenvalue weighted by Crippen LogP contribution is 2.23. The number of carbonyl (C=O) groups is 1. The first kappa shape index (κ1) is 16.0. The summed E-state index contributed by atoms with van der Waals surface area (Å²) in [5.74, 6) is 0.0179. The van der Waals surface area contributed by atoms with Crippen LogP contribution in [0.15, 0.2) is 12.1 Å². The number of aryl methyl sites for hydroxylation is 3. The van der Waals surface area contributed by atoms with Crippen LogP contribution >= 0.6 is 0 Å². The molecule has 1 aromatic rings. The molecule has 1 fully saturated rings. The van der Waals surface area contributed by atoms with E-state index in [0.717, 1.165) is 32.5 Å². The second kappa shape index (κ2) is 7.08. The van der Waals surface area contributed by atoms with E-state index < -0.39 is 0 Å². The van der Waals surface area contributed by atoms with Crippen molar-refractivity contribution < 1.29 is 9.53 Å². The van der Waals surface area contributed by atoms with Gasteiger partial charge in [-0.05, 0) is 63.8 Å². The van der Waals surface area contributed by atoms with Gasteiger partial charge in [-0.15, -0.1) is 0 Å². The quantitative estimate of drug-likeness (QED) is 0.796. The van der Waals surface area contributed by atoms with Crippen LogP contribution in [0.25, 0.3) is 0 Å². The van der Waals surface area contributed by atoms with Gasteiger partial charge < -0.3 is 4.74 Å². The number of esters is 1. The van der Waals surface area contributed by atoms with E-state index in [1.807, 2.05) is 6.92 Å². The summed E-state index contributed by atoms with van der Waals surface area (Å²) in [6.07, 6.45) is 2.04. The maximum atomic E-state index is 11.9. The maximum absolute atomic E-state index is 11.9. The fourth-order valence-electron chi connectivity index (χ4n) is 3.33. The molecule has 0 aromatic heterocycles. The van der Waals surface area contributed by atoms with Gasteiger partial charge in [-0.1, -0.05) is 17.7 Å². The van der Waals surface area contributed by atoms with Gasteiger partial charge in [0.15, 0.2) is 0 Å². The molecule has 0 radical (unpaired) electrons. The second-order valence-electron chi connectivity index (χ2n) is 6.20. The highest BCUT2D eigenvalue weighted by Gasteiger charge is 2.27. The normalized spacial score (nSPS) is 19.5. The maximum Gasteiger partial charge on any atom is 0.310 e. The van der Waals surface area contributed by atoms with E-state index in [1.165, 1.54) is 22.3 Å². The molecule has 1 aliphatic heterocycles. The van der Waals surface area contributed by atoms with Gasteiger partial charge in [-0.2, -0.15) is 0 Å². The van der Waals surface area contributed by atoms with Crippen molar-refractivity contribution in [1.82, 2.24) is 4.90 Å². The van der Waals surface area contributed by atoms with Gasteiger partial charge in [0.1, 0.15) is 0 Å². The molecule has 0 aliphatic carbocycles. The van der Waals surface area contributed by atoms with Gasteiger partial charge in [0, 0.05) is 13.1 Å². The molecule has 1 atom stereocenters. The van der Waals surface area contributed by atoms with E-state index >= 15 is 0 Å². The highest BCUT2D eigenvalue weighted by molar-refractivity contribution is 5.72. The fraction of sp³-hybridized carbons (Fsp3) is 0.611. The highest BCUT2D eigenvalue weighted by atomic mass is 16.5. The van der Waals surface area contributed by atoms with Gasteiger partial charge in [0.2, 0.25) is 0 Å². The molecule has 0 amide bonds. The van der Waals surface area contributed by atoms with E-state index in [9.17, 15) is 4.79 Å². The Morgan fingerprint density at radius 2 is 1.95 bits per heavy atom. The Kier molecular flexibility index (Phi) is 5.40. The Bertz CT molecular complexity index is 487. The summed E-state index contributed by atoms with van der Waals surface area (Å²) in [6.45, 7) is 11.7. The fourth-order valence-corrected chi connectivity index (χ4v) is 3.33. The summed E-state index contributed by atoms with van der Waals surface area (Å²) in [5, 5.41) is 0. The SMILES string of the molecule is CCOC(=O)C1CCCN(Cc2c(C)cc(C)cc2C)C1. The van der Waals surface area contributed by atoms with Crippen molar-refractivity contribution in [1.29, 1.82) is 0 Å². The monoisotopic (exact) mass is 289 g/mol. The lowest BCUT2D eigenvalue weighted by Crippen LogP contribution is -2.39. The predicted octanol–water partition coefficient (Wildman–Crippen LogP) is 3.39. The first-order valence-corrected chi connectivity index (χ1v) is 7.97. The average Bonchev–Trinajstić information content (AvgIpc) is 2.43. The summed E-state index contributed by atoms with van der Waals surface area (Å²) < 4.78 is 5.18. The Labute approximate surface area is 128 Å². The molecule has 1 aromatic carbocycles. The number of nitrogens with zero attached hydrogens (tertiary/aromatic N) is 1. The van der Waals surface area contributed by atoms with Crippen LogP contribution in [0.1, 0.15) is 42.0 Å². The Morgan fingerprint density at radius 1 is 1.29 bits per heavy atom. The minimum Gasteiger partial charge on any atom is -0.466 e. The minimum absolute atomic E-state index is 0.0282. The van der Waals surface area contributed by atoms with E-state index in [2.05, 4.69) is 37.8 Å². The van der Waals surface area contributed by atoms with E-state index in [0.29, 0.717) is 6.61 Å². The second-order valence-corrected chi connectivity index (χ2v) is 6.20. The zero-order valence-electron chi connectivity index (χ0n) is 13.7.